The summed E-state index contributed by atoms with van der Waals surface area (Å²) in [6.07, 6.45) is -3.31. The Morgan fingerprint density at radius 2 is 1.75 bits per heavy atom. The molecule has 1 N–H and O–H groups in total. The number of halogens is 3. The first-order valence-electron chi connectivity index (χ1n) is 8.05. The van der Waals surface area contributed by atoms with Gasteiger partial charge in [-0.2, -0.15) is 13.2 Å². The van der Waals surface area contributed by atoms with Gasteiger partial charge in [0.25, 0.3) is 0 Å². The van der Waals surface area contributed by atoms with Crippen molar-refractivity contribution in [2.75, 3.05) is 32.7 Å². The summed E-state index contributed by atoms with van der Waals surface area (Å²) in [6, 6.07) is -1.65. The van der Waals surface area contributed by atoms with E-state index in [0.29, 0.717) is 12.8 Å². The van der Waals surface area contributed by atoms with Crippen molar-refractivity contribution in [1.29, 1.82) is 0 Å². The number of aliphatic imine (C=N–C) groups is 1. The van der Waals surface area contributed by atoms with Crippen LogP contribution in [0.3, 0.4) is 0 Å². The van der Waals surface area contributed by atoms with Crippen molar-refractivity contribution in [3.8, 4) is 0 Å². The highest BCUT2D eigenvalue weighted by Gasteiger charge is 2.33. The molecule has 9 heteroatoms. The summed E-state index contributed by atoms with van der Waals surface area (Å²) >= 11 is 0. The van der Waals surface area contributed by atoms with Crippen molar-refractivity contribution in [3.63, 3.8) is 0 Å². The Balaban J connectivity index is 2.53. The number of urea groups is 1. The molecule has 0 aliphatic carbocycles. The Morgan fingerprint density at radius 3 is 2.17 bits per heavy atom. The summed E-state index contributed by atoms with van der Waals surface area (Å²) in [4.78, 5) is 31.0. The third-order valence-corrected chi connectivity index (χ3v) is 4.05. The Labute approximate surface area is 140 Å². The molecule has 0 aromatic rings. The smallest absolute Gasteiger partial charge is 0.328 e. The van der Waals surface area contributed by atoms with E-state index in [1.165, 1.54) is 9.80 Å². The molecule has 0 aromatic carbocycles. The molecule has 1 heterocycles. The van der Waals surface area contributed by atoms with Crippen molar-refractivity contribution in [3.05, 3.63) is 0 Å². The Bertz CT molecular complexity index is 448. The zero-order valence-corrected chi connectivity index (χ0v) is 14.1. The first kappa shape index (κ1) is 20.4. The van der Waals surface area contributed by atoms with Gasteiger partial charge < -0.3 is 10.2 Å². The number of rotatable bonds is 7. The zero-order chi connectivity index (χ0) is 18.3. The van der Waals surface area contributed by atoms with E-state index in [1.54, 1.807) is 6.92 Å². The van der Waals surface area contributed by atoms with E-state index in [1.807, 2.05) is 6.92 Å². The van der Waals surface area contributed by atoms with Crippen LogP contribution >= 0.6 is 0 Å². The lowest BCUT2D eigenvalue weighted by molar-refractivity contribution is -0.148. The second-order valence-electron chi connectivity index (χ2n) is 5.80. The van der Waals surface area contributed by atoms with E-state index in [9.17, 15) is 22.8 Å². The number of ketones is 1. The largest absolute Gasteiger partial charge is 0.401 e. The molecule has 1 aliphatic rings. The van der Waals surface area contributed by atoms with Crippen LogP contribution < -0.4 is 5.32 Å². The zero-order valence-electron chi connectivity index (χ0n) is 14.1. The van der Waals surface area contributed by atoms with Crippen LogP contribution in [0.15, 0.2) is 4.99 Å². The fourth-order valence-electron chi connectivity index (χ4n) is 2.63. The summed E-state index contributed by atoms with van der Waals surface area (Å²) in [6.45, 7) is 6.71. The molecule has 6 nitrogen and oxygen atoms in total. The molecular weight excluding hydrogens is 325 g/mol. The van der Waals surface area contributed by atoms with E-state index in [0.717, 1.165) is 0 Å². The van der Waals surface area contributed by atoms with Gasteiger partial charge in [0.05, 0.1) is 12.6 Å². The molecule has 1 saturated heterocycles. The highest BCUT2D eigenvalue weighted by atomic mass is 19.4. The SMILES string of the molecule is C=NC(CC)C(=O)[C@H](CC)NC(=O)N1CCN(CC(F)(F)F)CC1. The summed E-state index contributed by atoms with van der Waals surface area (Å²) in [5.74, 6) is -0.195. The first-order chi connectivity index (χ1) is 11.2. The summed E-state index contributed by atoms with van der Waals surface area (Å²) in [7, 11) is 0. The standard InChI is InChI=1S/C15H25F3N4O2/c1-4-11(19-3)13(23)12(5-2)20-14(24)22-8-6-21(7-9-22)10-15(16,17)18/h11-12H,3-10H2,1-2H3,(H,20,24)/t11?,12-/m0/s1. The highest BCUT2D eigenvalue weighted by Crippen LogP contribution is 2.17. The lowest BCUT2D eigenvalue weighted by Crippen LogP contribution is -2.56. The van der Waals surface area contributed by atoms with Gasteiger partial charge in [0.1, 0.15) is 6.04 Å². The first-order valence-corrected chi connectivity index (χ1v) is 8.05. The predicted octanol–water partition coefficient (Wildman–Crippen LogP) is 1.70. The van der Waals surface area contributed by atoms with E-state index < -0.39 is 30.8 Å². The van der Waals surface area contributed by atoms with Crippen molar-refractivity contribution in [2.45, 2.75) is 44.9 Å². The van der Waals surface area contributed by atoms with E-state index in [4.69, 9.17) is 0 Å². The van der Waals surface area contributed by atoms with Gasteiger partial charge in [-0.25, -0.2) is 4.79 Å². The summed E-state index contributed by atoms with van der Waals surface area (Å²) < 4.78 is 37.1. The minimum absolute atomic E-state index is 0.156. The summed E-state index contributed by atoms with van der Waals surface area (Å²) in [5.41, 5.74) is 0. The van der Waals surface area contributed by atoms with Crippen molar-refractivity contribution >= 4 is 18.5 Å². The molecule has 0 aromatic heterocycles. The van der Waals surface area contributed by atoms with Crippen LogP contribution in [0.4, 0.5) is 18.0 Å². The molecule has 1 aliphatic heterocycles. The monoisotopic (exact) mass is 350 g/mol. The highest BCUT2D eigenvalue weighted by molar-refractivity contribution is 5.92. The van der Waals surface area contributed by atoms with Crippen LogP contribution in [0.1, 0.15) is 26.7 Å². The normalized spacial score (nSPS) is 18.8. The number of amides is 2. The van der Waals surface area contributed by atoms with E-state index in [-0.39, 0.29) is 32.0 Å². The van der Waals surface area contributed by atoms with Crippen LogP contribution in [-0.2, 0) is 4.79 Å². The molecule has 1 unspecified atom stereocenters. The number of nitrogens with one attached hydrogen (secondary N) is 1. The predicted molar refractivity (Wildman–Crippen MR) is 85.3 cm³/mol. The topological polar surface area (TPSA) is 65.0 Å². The quantitative estimate of drug-likeness (QED) is 0.711. The average molecular weight is 350 g/mol. The van der Waals surface area contributed by atoms with Gasteiger partial charge in [-0.1, -0.05) is 13.8 Å². The number of alkyl halides is 3. The van der Waals surface area contributed by atoms with Crippen LogP contribution in [0.25, 0.3) is 0 Å². The van der Waals surface area contributed by atoms with Crippen LogP contribution in [0, 0.1) is 0 Å². The molecule has 2 atom stereocenters. The fraction of sp³-hybridized carbons (Fsp3) is 0.800. The summed E-state index contributed by atoms with van der Waals surface area (Å²) in [5, 5.41) is 2.66. The maximum absolute atomic E-state index is 12.4. The molecule has 1 fully saturated rings. The third-order valence-electron chi connectivity index (χ3n) is 4.05. The number of nitrogens with zero attached hydrogens (tertiary/aromatic N) is 3. The van der Waals surface area contributed by atoms with Gasteiger partial charge in [-0.15, -0.1) is 0 Å². The molecule has 0 bridgehead atoms. The minimum Gasteiger partial charge on any atom is -0.328 e. The number of carbonyl (C=O) groups excluding carboxylic acids is 2. The van der Waals surface area contributed by atoms with Gasteiger partial charge >= 0.3 is 12.2 Å². The molecule has 1 rings (SSSR count). The molecule has 0 saturated carbocycles. The van der Waals surface area contributed by atoms with E-state index >= 15 is 0 Å². The van der Waals surface area contributed by atoms with Gasteiger partial charge in [0.2, 0.25) is 0 Å². The van der Waals surface area contributed by atoms with Gasteiger partial charge in [-0.05, 0) is 19.6 Å². The Hall–Kier alpha value is -1.64. The molecule has 0 radical (unpaired) electrons. The number of Topliss-reactive ketones (excluding diaryl/α,β-unsaturated/α-hetero) is 1. The second-order valence-corrected chi connectivity index (χ2v) is 5.80. The van der Waals surface area contributed by atoms with Gasteiger partial charge in [0.15, 0.2) is 5.78 Å². The molecule has 0 spiro atoms. The van der Waals surface area contributed by atoms with Gasteiger partial charge in [-0.3, -0.25) is 14.7 Å². The van der Waals surface area contributed by atoms with Crippen molar-refractivity contribution < 1.29 is 22.8 Å². The number of hydrogen-bond acceptors (Lipinski definition) is 4. The molecular formula is C15H25F3N4O2. The molecule has 2 amide bonds. The van der Waals surface area contributed by atoms with Gasteiger partial charge in [0, 0.05) is 26.2 Å². The number of carbonyl (C=O) groups is 2. The fourth-order valence-corrected chi connectivity index (χ4v) is 2.63. The van der Waals surface area contributed by atoms with Crippen LogP contribution in [-0.4, -0.2) is 79.3 Å². The lowest BCUT2D eigenvalue weighted by Gasteiger charge is -2.35. The lowest BCUT2D eigenvalue weighted by atomic mass is 10.0. The number of piperazine rings is 1. The van der Waals surface area contributed by atoms with Crippen LogP contribution in [0.2, 0.25) is 0 Å². The number of hydrogen-bond donors (Lipinski definition) is 1. The van der Waals surface area contributed by atoms with Crippen LogP contribution in [0.5, 0.6) is 0 Å². The third kappa shape index (κ3) is 6.10. The molecule has 24 heavy (non-hydrogen) atoms. The molecule has 138 valence electrons. The van der Waals surface area contributed by atoms with Crippen molar-refractivity contribution in [2.24, 2.45) is 4.99 Å². The Kier molecular flexibility index (Phi) is 7.65. The average Bonchev–Trinajstić information content (AvgIpc) is 2.52. The maximum atomic E-state index is 12.4. The maximum Gasteiger partial charge on any atom is 0.401 e. The van der Waals surface area contributed by atoms with E-state index in [2.05, 4.69) is 17.0 Å². The minimum atomic E-state index is -4.24. The Morgan fingerprint density at radius 1 is 1.17 bits per heavy atom. The second kappa shape index (κ2) is 9.00. The van der Waals surface area contributed by atoms with Crippen molar-refractivity contribution in [1.82, 2.24) is 15.1 Å².